The first-order valence-electron chi connectivity index (χ1n) is 6.64. The summed E-state index contributed by atoms with van der Waals surface area (Å²) in [5.74, 6) is 0.396. The average Bonchev–Trinajstić information content (AvgIpc) is 2.38. The Morgan fingerprint density at radius 3 is 2.32 bits per heavy atom. The highest BCUT2D eigenvalue weighted by atomic mass is 32.2. The molecular formula is C14H23NO3S. The third-order valence-electron chi connectivity index (χ3n) is 2.74. The van der Waals surface area contributed by atoms with Gasteiger partial charge in [-0.1, -0.05) is 32.9 Å². The van der Waals surface area contributed by atoms with Crippen LogP contribution in [0.15, 0.2) is 29.2 Å². The highest BCUT2D eigenvalue weighted by Gasteiger charge is 2.13. The van der Waals surface area contributed by atoms with Crippen molar-refractivity contribution in [1.82, 2.24) is 4.72 Å². The van der Waals surface area contributed by atoms with Crippen LogP contribution in [-0.4, -0.2) is 28.2 Å². The van der Waals surface area contributed by atoms with Crippen molar-refractivity contribution >= 4 is 10.0 Å². The normalized spacial score (nSPS) is 12.0. The predicted octanol–water partition coefficient (Wildman–Crippen LogP) is 2.51. The Morgan fingerprint density at radius 2 is 1.79 bits per heavy atom. The summed E-state index contributed by atoms with van der Waals surface area (Å²) in [6, 6.07) is 6.99. The molecule has 0 saturated carbocycles. The summed E-state index contributed by atoms with van der Waals surface area (Å²) in [4.78, 5) is 0.299. The summed E-state index contributed by atoms with van der Waals surface area (Å²) in [5.41, 5.74) is 1.13. The highest BCUT2D eigenvalue weighted by Crippen LogP contribution is 2.17. The van der Waals surface area contributed by atoms with Crippen molar-refractivity contribution in [1.29, 1.82) is 0 Å². The molecule has 1 aromatic rings. The molecule has 1 N–H and O–H groups in total. The smallest absolute Gasteiger partial charge is 0.240 e. The number of ether oxygens (including phenoxy) is 1. The van der Waals surface area contributed by atoms with Crippen LogP contribution >= 0.6 is 0 Å². The van der Waals surface area contributed by atoms with E-state index >= 15 is 0 Å². The minimum atomic E-state index is -3.42. The van der Waals surface area contributed by atoms with E-state index < -0.39 is 10.0 Å². The maximum Gasteiger partial charge on any atom is 0.240 e. The Bertz CT molecular complexity index is 466. The molecular weight excluding hydrogens is 262 g/mol. The lowest BCUT2D eigenvalue weighted by Crippen LogP contribution is -2.27. The fraction of sp³-hybridized carbons (Fsp3) is 0.571. The van der Waals surface area contributed by atoms with Crippen LogP contribution in [0, 0.1) is 0 Å². The molecule has 0 aliphatic heterocycles. The van der Waals surface area contributed by atoms with E-state index in [-0.39, 0.29) is 0 Å². The second-order valence-corrected chi connectivity index (χ2v) is 6.50. The van der Waals surface area contributed by atoms with Gasteiger partial charge in [-0.25, -0.2) is 13.1 Å². The molecule has 0 aliphatic carbocycles. The second-order valence-electron chi connectivity index (χ2n) is 4.73. The number of sulfonamides is 1. The van der Waals surface area contributed by atoms with Crippen LogP contribution < -0.4 is 4.72 Å². The highest BCUT2D eigenvalue weighted by molar-refractivity contribution is 7.89. The molecule has 0 fully saturated rings. The number of hydrogen-bond donors (Lipinski definition) is 1. The molecule has 0 bridgehead atoms. The van der Waals surface area contributed by atoms with E-state index in [1.54, 1.807) is 12.1 Å². The van der Waals surface area contributed by atoms with Gasteiger partial charge in [0, 0.05) is 13.2 Å². The molecule has 0 spiro atoms. The van der Waals surface area contributed by atoms with E-state index in [0.717, 1.165) is 12.0 Å². The monoisotopic (exact) mass is 285 g/mol. The Labute approximate surface area is 116 Å². The second kappa shape index (κ2) is 7.62. The topological polar surface area (TPSA) is 55.4 Å². The zero-order chi connectivity index (χ0) is 14.3. The SMILES string of the molecule is CCCOCCNS(=O)(=O)c1ccc(C(C)C)cc1. The quantitative estimate of drug-likeness (QED) is 0.747. The largest absolute Gasteiger partial charge is 0.380 e. The summed E-state index contributed by atoms with van der Waals surface area (Å²) in [6.45, 7) is 7.52. The lowest BCUT2D eigenvalue weighted by Gasteiger charge is -2.09. The van der Waals surface area contributed by atoms with Crippen LogP contribution in [0.3, 0.4) is 0 Å². The van der Waals surface area contributed by atoms with Crippen molar-refractivity contribution in [3.8, 4) is 0 Å². The van der Waals surface area contributed by atoms with Gasteiger partial charge in [0.15, 0.2) is 0 Å². The molecule has 0 heterocycles. The summed E-state index contributed by atoms with van der Waals surface area (Å²) in [6.07, 6.45) is 0.934. The van der Waals surface area contributed by atoms with Crippen molar-refractivity contribution < 1.29 is 13.2 Å². The molecule has 0 unspecified atom stereocenters. The molecule has 1 rings (SSSR count). The zero-order valence-corrected chi connectivity index (χ0v) is 12.7. The van der Waals surface area contributed by atoms with E-state index in [4.69, 9.17) is 4.74 Å². The molecule has 108 valence electrons. The van der Waals surface area contributed by atoms with Gasteiger partial charge in [-0.2, -0.15) is 0 Å². The fourth-order valence-electron chi connectivity index (χ4n) is 1.61. The summed E-state index contributed by atoms with van der Waals surface area (Å²) >= 11 is 0. The van der Waals surface area contributed by atoms with Crippen LogP contribution in [0.1, 0.15) is 38.7 Å². The molecule has 0 radical (unpaired) electrons. The Kier molecular flexibility index (Phi) is 6.48. The third kappa shape index (κ3) is 5.30. The molecule has 0 saturated heterocycles. The molecule has 5 heteroatoms. The van der Waals surface area contributed by atoms with Gasteiger partial charge in [0.2, 0.25) is 10.0 Å². The molecule has 0 aliphatic rings. The number of hydrogen-bond acceptors (Lipinski definition) is 3. The standard InChI is InChI=1S/C14H23NO3S/c1-4-10-18-11-9-15-19(16,17)14-7-5-13(6-8-14)12(2)3/h5-8,12,15H,4,9-11H2,1-3H3. The van der Waals surface area contributed by atoms with Crippen molar-refractivity contribution in [2.45, 2.75) is 38.0 Å². The lowest BCUT2D eigenvalue weighted by molar-refractivity contribution is 0.140. The Morgan fingerprint density at radius 1 is 1.16 bits per heavy atom. The van der Waals surface area contributed by atoms with Crippen molar-refractivity contribution in [2.24, 2.45) is 0 Å². The minimum Gasteiger partial charge on any atom is -0.380 e. The number of benzene rings is 1. The van der Waals surface area contributed by atoms with Gasteiger partial charge < -0.3 is 4.74 Å². The number of rotatable bonds is 8. The molecule has 1 aromatic carbocycles. The van der Waals surface area contributed by atoms with E-state index in [1.807, 2.05) is 19.1 Å². The Hall–Kier alpha value is -0.910. The lowest BCUT2D eigenvalue weighted by atomic mass is 10.0. The van der Waals surface area contributed by atoms with E-state index in [0.29, 0.717) is 30.6 Å². The maximum atomic E-state index is 12.0. The first-order valence-corrected chi connectivity index (χ1v) is 8.13. The molecule has 0 atom stereocenters. The summed E-state index contributed by atoms with van der Waals surface area (Å²) in [7, 11) is -3.42. The van der Waals surface area contributed by atoms with Crippen molar-refractivity contribution in [3.05, 3.63) is 29.8 Å². The zero-order valence-electron chi connectivity index (χ0n) is 11.8. The first-order chi connectivity index (χ1) is 8.97. The number of nitrogens with one attached hydrogen (secondary N) is 1. The van der Waals surface area contributed by atoms with Crippen molar-refractivity contribution in [3.63, 3.8) is 0 Å². The molecule has 0 aromatic heterocycles. The van der Waals surface area contributed by atoms with Gasteiger partial charge in [-0.05, 0) is 30.0 Å². The maximum absolute atomic E-state index is 12.0. The van der Waals surface area contributed by atoms with Gasteiger partial charge >= 0.3 is 0 Å². The van der Waals surface area contributed by atoms with Crippen LogP contribution in [0.25, 0.3) is 0 Å². The van der Waals surface area contributed by atoms with Gasteiger partial charge in [0.05, 0.1) is 11.5 Å². The molecule has 0 amide bonds. The average molecular weight is 285 g/mol. The summed E-state index contributed by atoms with van der Waals surface area (Å²) in [5, 5.41) is 0. The predicted molar refractivity (Wildman–Crippen MR) is 76.8 cm³/mol. The summed E-state index contributed by atoms with van der Waals surface area (Å²) < 4.78 is 31.7. The van der Waals surface area contributed by atoms with Crippen LogP contribution in [-0.2, 0) is 14.8 Å². The van der Waals surface area contributed by atoms with Gasteiger partial charge in [0.1, 0.15) is 0 Å². The van der Waals surface area contributed by atoms with E-state index in [1.165, 1.54) is 0 Å². The van der Waals surface area contributed by atoms with Gasteiger partial charge in [0.25, 0.3) is 0 Å². The molecule has 4 nitrogen and oxygen atoms in total. The third-order valence-corrected chi connectivity index (χ3v) is 4.22. The molecule has 19 heavy (non-hydrogen) atoms. The first kappa shape index (κ1) is 16.1. The minimum absolute atomic E-state index is 0.299. The van der Waals surface area contributed by atoms with Crippen LogP contribution in [0.4, 0.5) is 0 Å². The van der Waals surface area contributed by atoms with Crippen molar-refractivity contribution in [2.75, 3.05) is 19.8 Å². The fourth-order valence-corrected chi connectivity index (χ4v) is 2.62. The van der Waals surface area contributed by atoms with Crippen LogP contribution in [0.2, 0.25) is 0 Å². The van der Waals surface area contributed by atoms with Crippen LogP contribution in [0.5, 0.6) is 0 Å². The van der Waals surface area contributed by atoms with E-state index in [2.05, 4.69) is 18.6 Å². The Balaban J connectivity index is 2.57. The van der Waals surface area contributed by atoms with Gasteiger partial charge in [-0.15, -0.1) is 0 Å². The van der Waals surface area contributed by atoms with Gasteiger partial charge in [-0.3, -0.25) is 0 Å². The van der Waals surface area contributed by atoms with E-state index in [9.17, 15) is 8.42 Å².